The Morgan fingerprint density at radius 1 is 1.10 bits per heavy atom. The van der Waals surface area contributed by atoms with E-state index in [9.17, 15) is 4.79 Å². The van der Waals surface area contributed by atoms with Gasteiger partial charge in [-0.25, -0.2) is 0 Å². The first-order chi connectivity index (χ1) is 9.86. The Bertz CT molecular complexity index is 298. The molecule has 0 saturated carbocycles. The largest absolute Gasteiger partial charge is 0.481 e. The van der Waals surface area contributed by atoms with Crippen molar-refractivity contribution in [2.75, 3.05) is 0 Å². The third-order valence-electron chi connectivity index (χ3n) is 5.25. The number of nitrogens with zero attached hydrogens (tertiary/aromatic N) is 1. The average molecular weight is 297 g/mol. The monoisotopic (exact) mass is 297 g/mol. The van der Waals surface area contributed by atoms with E-state index in [0.29, 0.717) is 18.3 Å². The lowest BCUT2D eigenvalue weighted by Gasteiger charge is -2.37. The van der Waals surface area contributed by atoms with Gasteiger partial charge >= 0.3 is 5.97 Å². The Labute approximate surface area is 131 Å². The molecule has 1 N–H and O–H groups in total. The second-order valence-electron chi connectivity index (χ2n) is 7.37. The van der Waals surface area contributed by atoms with Crippen LogP contribution in [0, 0.1) is 11.8 Å². The highest BCUT2D eigenvalue weighted by Crippen LogP contribution is 2.36. The van der Waals surface area contributed by atoms with Crippen molar-refractivity contribution < 1.29 is 9.90 Å². The summed E-state index contributed by atoms with van der Waals surface area (Å²) in [4.78, 5) is 13.0. The van der Waals surface area contributed by atoms with Gasteiger partial charge in [0.1, 0.15) is 0 Å². The molecule has 0 aromatic heterocycles. The number of carbonyl (C=O) groups is 1. The number of fused-ring (bicyclic) bond motifs is 2. The third kappa shape index (κ3) is 5.61. The standard InChI is InChI=1S/C10H19N.C8H16O2/c1-8(2)11-9-4-3-5-10(11)7-6-9;1-4-7(6(2)3)5-8(9)10/h8-10H,3-7H2,1-2H3;6-7H,4-5H2,1-3H3,(H,9,10). The summed E-state index contributed by atoms with van der Waals surface area (Å²) in [5.41, 5.74) is 0. The minimum Gasteiger partial charge on any atom is -0.481 e. The number of rotatable bonds is 5. The molecule has 0 amide bonds. The van der Waals surface area contributed by atoms with Crippen molar-refractivity contribution in [3.05, 3.63) is 0 Å². The van der Waals surface area contributed by atoms with Gasteiger partial charge in [-0.05, 0) is 51.4 Å². The van der Waals surface area contributed by atoms with Crippen molar-refractivity contribution in [1.29, 1.82) is 0 Å². The molecule has 2 rings (SSSR count). The van der Waals surface area contributed by atoms with E-state index in [1.54, 1.807) is 0 Å². The first-order valence-corrected chi connectivity index (χ1v) is 8.86. The molecule has 0 aliphatic carbocycles. The van der Waals surface area contributed by atoms with Gasteiger partial charge in [-0.15, -0.1) is 0 Å². The Morgan fingerprint density at radius 2 is 1.62 bits per heavy atom. The molecular weight excluding hydrogens is 262 g/mol. The number of carboxylic acids is 1. The average Bonchev–Trinajstić information content (AvgIpc) is 2.67. The van der Waals surface area contributed by atoms with Crippen LogP contribution in [0.2, 0.25) is 0 Å². The van der Waals surface area contributed by atoms with Gasteiger partial charge < -0.3 is 5.11 Å². The van der Waals surface area contributed by atoms with Gasteiger partial charge in [0.05, 0.1) is 0 Å². The SMILES string of the molecule is CC(C)N1C2CCCC1CC2.CCC(CC(=O)O)C(C)C. The topological polar surface area (TPSA) is 40.5 Å². The normalized spacial score (nSPS) is 26.6. The van der Waals surface area contributed by atoms with E-state index in [1.165, 1.54) is 32.1 Å². The summed E-state index contributed by atoms with van der Waals surface area (Å²) in [5, 5.41) is 8.46. The fourth-order valence-corrected chi connectivity index (χ4v) is 4.08. The summed E-state index contributed by atoms with van der Waals surface area (Å²) in [6.07, 6.45) is 8.64. The van der Waals surface area contributed by atoms with E-state index >= 15 is 0 Å². The second-order valence-corrected chi connectivity index (χ2v) is 7.37. The maximum Gasteiger partial charge on any atom is 0.303 e. The lowest BCUT2D eigenvalue weighted by molar-refractivity contribution is -0.138. The first kappa shape index (κ1) is 18.5. The predicted octanol–water partition coefficient (Wildman–Crippen LogP) is 4.56. The maximum atomic E-state index is 10.3. The van der Waals surface area contributed by atoms with E-state index in [0.717, 1.165) is 24.5 Å². The van der Waals surface area contributed by atoms with Gasteiger partial charge in [0, 0.05) is 24.5 Å². The van der Waals surface area contributed by atoms with Crippen molar-refractivity contribution >= 4 is 5.97 Å². The van der Waals surface area contributed by atoms with Gasteiger partial charge in [-0.1, -0.05) is 33.6 Å². The van der Waals surface area contributed by atoms with Gasteiger partial charge in [0.25, 0.3) is 0 Å². The Kier molecular flexibility index (Phi) is 7.72. The number of carboxylic acid groups (broad SMARTS) is 1. The molecular formula is C18H35NO2. The molecule has 2 saturated heterocycles. The molecule has 21 heavy (non-hydrogen) atoms. The number of piperidine rings is 1. The lowest BCUT2D eigenvalue weighted by Crippen LogP contribution is -2.43. The quantitative estimate of drug-likeness (QED) is 0.809. The fraction of sp³-hybridized carbons (Fsp3) is 0.944. The van der Waals surface area contributed by atoms with Crippen LogP contribution in [0.25, 0.3) is 0 Å². The van der Waals surface area contributed by atoms with Crippen molar-refractivity contribution in [1.82, 2.24) is 4.90 Å². The summed E-state index contributed by atoms with van der Waals surface area (Å²) < 4.78 is 0. The van der Waals surface area contributed by atoms with Crippen LogP contribution in [0.4, 0.5) is 0 Å². The molecule has 2 heterocycles. The van der Waals surface area contributed by atoms with E-state index in [-0.39, 0.29) is 0 Å². The molecule has 2 aliphatic heterocycles. The molecule has 0 spiro atoms. The molecule has 3 unspecified atom stereocenters. The minimum absolute atomic E-state index is 0.314. The highest BCUT2D eigenvalue weighted by Gasteiger charge is 2.37. The zero-order valence-corrected chi connectivity index (χ0v) is 14.6. The number of hydrogen-bond donors (Lipinski definition) is 1. The molecule has 3 nitrogen and oxygen atoms in total. The molecule has 2 fully saturated rings. The van der Waals surface area contributed by atoms with Crippen LogP contribution in [0.15, 0.2) is 0 Å². The van der Waals surface area contributed by atoms with Crippen LogP contribution in [0.5, 0.6) is 0 Å². The summed E-state index contributed by atoms with van der Waals surface area (Å²) in [5.74, 6) is 0.152. The highest BCUT2D eigenvalue weighted by molar-refractivity contribution is 5.67. The van der Waals surface area contributed by atoms with Gasteiger partial charge in [0.15, 0.2) is 0 Å². The molecule has 0 aromatic rings. The molecule has 0 aromatic carbocycles. The number of hydrogen-bond acceptors (Lipinski definition) is 2. The van der Waals surface area contributed by atoms with Crippen LogP contribution in [0.3, 0.4) is 0 Å². The van der Waals surface area contributed by atoms with E-state index in [4.69, 9.17) is 5.11 Å². The molecule has 3 atom stereocenters. The minimum atomic E-state index is -0.680. The fourth-order valence-electron chi connectivity index (χ4n) is 4.08. The molecule has 3 heteroatoms. The smallest absolute Gasteiger partial charge is 0.303 e. The van der Waals surface area contributed by atoms with Crippen molar-refractivity contribution in [3.8, 4) is 0 Å². The molecule has 0 radical (unpaired) electrons. The van der Waals surface area contributed by atoms with Gasteiger partial charge in [0.2, 0.25) is 0 Å². The number of aliphatic carboxylic acids is 1. The molecule has 2 bridgehead atoms. The molecule has 124 valence electrons. The van der Waals surface area contributed by atoms with E-state index in [1.807, 2.05) is 6.92 Å². The van der Waals surface area contributed by atoms with Crippen LogP contribution >= 0.6 is 0 Å². The zero-order chi connectivity index (χ0) is 16.0. The molecule has 2 aliphatic rings. The Balaban J connectivity index is 0.000000212. The van der Waals surface area contributed by atoms with Crippen LogP contribution in [-0.4, -0.2) is 34.1 Å². The van der Waals surface area contributed by atoms with Crippen molar-refractivity contribution in [2.45, 2.75) is 97.7 Å². The summed E-state index contributed by atoms with van der Waals surface area (Å²) in [6, 6.07) is 2.69. The summed E-state index contributed by atoms with van der Waals surface area (Å²) >= 11 is 0. The van der Waals surface area contributed by atoms with Gasteiger partial charge in [-0.2, -0.15) is 0 Å². The Hall–Kier alpha value is -0.570. The van der Waals surface area contributed by atoms with E-state index in [2.05, 4.69) is 32.6 Å². The van der Waals surface area contributed by atoms with Gasteiger partial charge in [-0.3, -0.25) is 9.69 Å². The second kappa shape index (κ2) is 8.77. The predicted molar refractivity (Wildman–Crippen MR) is 88.5 cm³/mol. The summed E-state index contributed by atoms with van der Waals surface area (Å²) in [7, 11) is 0. The Morgan fingerprint density at radius 3 is 1.86 bits per heavy atom. The van der Waals surface area contributed by atoms with Crippen LogP contribution < -0.4 is 0 Å². The lowest BCUT2D eigenvalue weighted by atomic mass is 9.90. The first-order valence-electron chi connectivity index (χ1n) is 8.86. The highest BCUT2D eigenvalue weighted by atomic mass is 16.4. The van der Waals surface area contributed by atoms with Crippen LogP contribution in [0.1, 0.15) is 79.6 Å². The summed E-state index contributed by atoms with van der Waals surface area (Å²) in [6.45, 7) is 10.9. The van der Waals surface area contributed by atoms with E-state index < -0.39 is 5.97 Å². The maximum absolute atomic E-state index is 10.3. The van der Waals surface area contributed by atoms with Crippen molar-refractivity contribution in [2.24, 2.45) is 11.8 Å². The van der Waals surface area contributed by atoms with Crippen molar-refractivity contribution in [3.63, 3.8) is 0 Å². The zero-order valence-electron chi connectivity index (χ0n) is 14.6. The van der Waals surface area contributed by atoms with Crippen LogP contribution in [-0.2, 0) is 4.79 Å². The third-order valence-corrected chi connectivity index (χ3v) is 5.25.